The fourth-order valence-corrected chi connectivity index (χ4v) is 0.368. The molecule has 0 aromatic rings. The second-order valence-corrected chi connectivity index (χ2v) is 1.48. The number of unbranched alkanes of at least 4 members (excludes halogenated alkanes) is 1. The van der Waals surface area contributed by atoms with Crippen molar-refractivity contribution < 1.29 is 21.1 Å². The topological polar surface area (TPSA) is 0 Å². The molecule has 0 amide bonds. The van der Waals surface area contributed by atoms with Gasteiger partial charge in [0.15, 0.2) is 0 Å². The first-order valence-electron chi connectivity index (χ1n) is 2.90. The average molecular weight is 281 g/mol. The van der Waals surface area contributed by atoms with Gasteiger partial charge in [0.05, 0.1) is 0 Å². The van der Waals surface area contributed by atoms with Gasteiger partial charge in [-0.05, 0) is 0 Å². The number of rotatable bonds is 3. The maximum absolute atomic E-state index is 2.16. The van der Waals surface area contributed by atoms with E-state index in [2.05, 4.69) is 32.4 Å². The predicted molar refractivity (Wildman–Crippen MR) is 34.0 cm³/mol. The molecule has 0 nitrogen and oxygen atoms in total. The third-order valence-electron chi connectivity index (χ3n) is 0.744. The minimum atomic E-state index is 0. The predicted octanol–water partition coefficient (Wildman–Crippen LogP) is 2.56. The first kappa shape index (κ1) is 11.1. The Morgan fingerprint density at radius 1 is 1.38 bits per heavy atom. The molecule has 0 saturated carbocycles. The fraction of sp³-hybridized carbons (Fsp3) is 0.571. The molecule has 0 atom stereocenters. The van der Waals surface area contributed by atoms with Crippen LogP contribution in [0.1, 0.15) is 26.7 Å². The van der Waals surface area contributed by atoms with Crippen LogP contribution in [0, 0.1) is 6.42 Å². The number of hydrogen-bond acceptors (Lipinski definition) is 0. The summed E-state index contributed by atoms with van der Waals surface area (Å²) >= 11 is 0. The molecule has 0 fully saturated rings. The Hall–Kier alpha value is 0.298. The number of allylic oxidation sites excluding steroid dienone is 2. The SMILES string of the molecule is CCC=C[CH-]CC.[W]. The Bertz CT molecular complexity index is 48.3. The van der Waals surface area contributed by atoms with E-state index in [0.717, 1.165) is 12.8 Å². The molecule has 0 aliphatic carbocycles. The van der Waals surface area contributed by atoms with Gasteiger partial charge in [-0.3, -0.25) is 0 Å². The zero-order chi connectivity index (χ0) is 5.54. The Labute approximate surface area is 66.6 Å². The van der Waals surface area contributed by atoms with Gasteiger partial charge in [0.1, 0.15) is 0 Å². The number of hydrogen-bond donors (Lipinski definition) is 0. The van der Waals surface area contributed by atoms with Gasteiger partial charge < -0.3 is 0 Å². The normalized spacial score (nSPS) is 8.75. The standard InChI is InChI=1S/C7H13.W/c1-3-5-7-6-4-2;/h5-7H,3-4H2,1-2H3;/q-1;. The molecule has 0 N–H and O–H groups in total. The van der Waals surface area contributed by atoms with Crippen molar-refractivity contribution in [2.24, 2.45) is 0 Å². The van der Waals surface area contributed by atoms with Crippen LogP contribution in [0.2, 0.25) is 0 Å². The first-order valence-corrected chi connectivity index (χ1v) is 2.90. The maximum Gasteiger partial charge on any atom is 0 e. The second kappa shape index (κ2) is 10.3. The molecule has 0 aromatic heterocycles. The quantitative estimate of drug-likeness (QED) is 0.697. The van der Waals surface area contributed by atoms with Crippen molar-refractivity contribution >= 4 is 0 Å². The summed E-state index contributed by atoms with van der Waals surface area (Å²) in [5, 5.41) is 0. The van der Waals surface area contributed by atoms with E-state index in [0.29, 0.717) is 0 Å². The van der Waals surface area contributed by atoms with E-state index in [-0.39, 0.29) is 21.1 Å². The monoisotopic (exact) mass is 281 g/mol. The Morgan fingerprint density at radius 3 is 2.38 bits per heavy atom. The van der Waals surface area contributed by atoms with Gasteiger partial charge in [-0.15, -0.1) is 12.8 Å². The summed E-state index contributed by atoms with van der Waals surface area (Å²) in [6.45, 7) is 4.28. The molecular formula is C7H13W-. The molecule has 1 heteroatoms. The van der Waals surface area contributed by atoms with E-state index in [4.69, 9.17) is 0 Å². The fourth-order valence-electron chi connectivity index (χ4n) is 0.368. The van der Waals surface area contributed by atoms with Gasteiger partial charge in [-0.25, -0.2) is 18.6 Å². The van der Waals surface area contributed by atoms with Crippen molar-refractivity contribution in [3.63, 3.8) is 0 Å². The van der Waals surface area contributed by atoms with Crippen LogP contribution in [0.15, 0.2) is 12.2 Å². The van der Waals surface area contributed by atoms with Crippen LogP contribution in [0.4, 0.5) is 0 Å². The molecule has 0 radical (unpaired) electrons. The summed E-state index contributed by atoms with van der Waals surface area (Å²) in [5.74, 6) is 0. The molecule has 0 aliphatic rings. The van der Waals surface area contributed by atoms with Crippen LogP contribution in [-0.4, -0.2) is 0 Å². The van der Waals surface area contributed by atoms with Crippen molar-refractivity contribution in [3.05, 3.63) is 18.6 Å². The third kappa shape index (κ3) is 9.57. The first-order chi connectivity index (χ1) is 3.41. The van der Waals surface area contributed by atoms with Gasteiger partial charge in [0, 0.05) is 21.1 Å². The second-order valence-electron chi connectivity index (χ2n) is 1.48. The summed E-state index contributed by atoms with van der Waals surface area (Å²) in [7, 11) is 0. The van der Waals surface area contributed by atoms with E-state index in [1.165, 1.54) is 0 Å². The van der Waals surface area contributed by atoms with Gasteiger partial charge in [0.2, 0.25) is 0 Å². The zero-order valence-corrected chi connectivity index (χ0v) is 8.49. The Kier molecular flexibility index (Phi) is 14.4. The summed E-state index contributed by atoms with van der Waals surface area (Å²) < 4.78 is 0. The molecule has 0 bridgehead atoms. The van der Waals surface area contributed by atoms with E-state index in [9.17, 15) is 0 Å². The van der Waals surface area contributed by atoms with Gasteiger partial charge in [-0.1, -0.05) is 13.8 Å². The van der Waals surface area contributed by atoms with E-state index in [1.54, 1.807) is 0 Å². The average Bonchev–Trinajstić information content (AvgIpc) is 1.69. The van der Waals surface area contributed by atoms with E-state index < -0.39 is 0 Å². The van der Waals surface area contributed by atoms with Crippen LogP contribution >= 0.6 is 0 Å². The van der Waals surface area contributed by atoms with Crippen molar-refractivity contribution in [1.29, 1.82) is 0 Å². The van der Waals surface area contributed by atoms with Crippen LogP contribution in [0.3, 0.4) is 0 Å². The molecule has 0 rings (SSSR count). The van der Waals surface area contributed by atoms with Crippen molar-refractivity contribution in [2.45, 2.75) is 26.7 Å². The zero-order valence-electron chi connectivity index (χ0n) is 5.55. The van der Waals surface area contributed by atoms with E-state index in [1.807, 2.05) is 0 Å². The molecule has 0 saturated heterocycles. The van der Waals surface area contributed by atoms with Crippen molar-refractivity contribution in [3.8, 4) is 0 Å². The molecule has 8 heavy (non-hydrogen) atoms. The molecular weight excluding hydrogens is 268 g/mol. The minimum absolute atomic E-state index is 0. The van der Waals surface area contributed by atoms with Crippen LogP contribution in [0.5, 0.6) is 0 Å². The molecule has 0 heterocycles. The smallest absolute Gasteiger partial charge is 0 e. The summed E-state index contributed by atoms with van der Waals surface area (Å²) in [6.07, 6.45) is 8.72. The van der Waals surface area contributed by atoms with Crippen molar-refractivity contribution in [1.82, 2.24) is 0 Å². The van der Waals surface area contributed by atoms with Crippen LogP contribution in [-0.2, 0) is 21.1 Å². The maximum atomic E-state index is 2.16. The van der Waals surface area contributed by atoms with Crippen molar-refractivity contribution in [2.75, 3.05) is 0 Å². The van der Waals surface area contributed by atoms with Crippen LogP contribution in [0.25, 0.3) is 0 Å². The largest absolute Gasteiger partial charge is 0.232 e. The summed E-state index contributed by atoms with van der Waals surface area (Å²) in [5.41, 5.74) is 0. The Balaban J connectivity index is 0. The third-order valence-corrected chi connectivity index (χ3v) is 0.744. The van der Waals surface area contributed by atoms with Crippen LogP contribution < -0.4 is 0 Å². The molecule has 0 unspecified atom stereocenters. The summed E-state index contributed by atoms with van der Waals surface area (Å²) in [6, 6.07) is 0. The van der Waals surface area contributed by atoms with Gasteiger partial charge in [0.25, 0.3) is 0 Å². The van der Waals surface area contributed by atoms with E-state index >= 15 is 0 Å². The molecule has 0 spiro atoms. The Morgan fingerprint density at radius 2 is 2.00 bits per heavy atom. The molecule has 48 valence electrons. The minimum Gasteiger partial charge on any atom is -0.232 e. The van der Waals surface area contributed by atoms with Gasteiger partial charge in [-0.2, -0.15) is 0 Å². The molecule has 0 aromatic carbocycles. The molecule has 0 aliphatic heterocycles. The summed E-state index contributed by atoms with van der Waals surface area (Å²) in [4.78, 5) is 0. The van der Waals surface area contributed by atoms with Gasteiger partial charge >= 0.3 is 0 Å².